The lowest BCUT2D eigenvalue weighted by Crippen LogP contribution is -2.33. The van der Waals surface area contributed by atoms with Gasteiger partial charge in [0.1, 0.15) is 12.1 Å². The van der Waals surface area contributed by atoms with Crippen molar-refractivity contribution in [2.75, 3.05) is 11.9 Å². The van der Waals surface area contributed by atoms with Crippen molar-refractivity contribution in [3.63, 3.8) is 0 Å². The first-order chi connectivity index (χ1) is 9.19. The molecule has 3 atom stereocenters. The first-order valence-electron chi connectivity index (χ1n) is 7.40. The SMILES string of the molecule is CCCOc1cc(NC2CCC(C)CC2C)ncn1. The molecule has 1 saturated carbocycles. The van der Waals surface area contributed by atoms with Crippen molar-refractivity contribution in [1.82, 2.24) is 9.97 Å². The predicted molar refractivity (Wildman–Crippen MR) is 77.4 cm³/mol. The molecule has 1 aliphatic rings. The van der Waals surface area contributed by atoms with Gasteiger partial charge in [0.15, 0.2) is 0 Å². The highest BCUT2D eigenvalue weighted by atomic mass is 16.5. The standard InChI is InChI=1S/C15H25N3O/c1-4-7-19-15-9-14(16-10-17-15)18-13-6-5-11(2)8-12(13)3/h9-13H,4-8H2,1-3H3,(H,16,17,18). The van der Waals surface area contributed by atoms with E-state index in [1.54, 1.807) is 6.33 Å². The van der Waals surface area contributed by atoms with Gasteiger partial charge < -0.3 is 10.1 Å². The number of anilines is 1. The lowest BCUT2D eigenvalue weighted by atomic mass is 9.80. The minimum atomic E-state index is 0.519. The summed E-state index contributed by atoms with van der Waals surface area (Å²) in [5.74, 6) is 3.09. The van der Waals surface area contributed by atoms with Crippen molar-refractivity contribution < 1.29 is 4.74 Å². The van der Waals surface area contributed by atoms with Crippen LogP contribution in [-0.4, -0.2) is 22.6 Å². The Bertz CT molecular complexity index is 397. The number of hydrogen-bond acceptors (Lipinski definition) is 4. The molecule has 0 radical (unpaired) electrons. The number of nitrogens with one attached hydrogen (secondary N) is 1. The zero-order chi connectivity index (χ0) is 13.7. The van der Waals surface area contributed by atoms with E-state index in [0.717, 1.165) is 18.2 Å². The van der Waals surface area contributed by atoms with E-state index in [1.807, 2.05) is 6.07 Å². The van der Waals surface area contributed by atoms with Crippen molar-refractivity contribution in [3.05, 3.63) is 12.4 Å². The molecule has 0 aromatic carbocycles. The van der Waals surface area contributed by atoms with Gasteiger partial charge in [-0.15, -0.1) is 0 Å². The molecule has 1 aliphatic carbocycles. The lowest BCUT2D eigenvalue weighted by molar-refractivity contribution is 0.276. The zero-order valence-corrected chi connectivity index (χ0v) is 12.2. The summed E-state index contributed by atoms with van der Waals surface area (Å²) in [5, 5.41) is 3.54. The molecule has 2 rings (SSSR count). The molecule has 19 heavy (non-hydrogen) atoms. The second-order valence-corrected chi connectivity index (χ2v) is 5.74. The van der Waals surface area contributed by atoms with Crippen LogP contribution in [0.25, 0.3) is 0 Å². The number of nitrogens with zero attached hydrogens (tertiary/aromatic N) is 2. The number of hydrogen-bond donors (Lipinski definition) is 1. The Hall–Kier alpha value is -1.32. The summed E-state index contributed by atoms with van der Waals surface area (Å²) in [6.45, 7) is 7.45. The molecular formula is C15H25N3O. The van der Waals surface area contributed by atoms with Crippen molar-refractivity contribution >= 4 is 5.82 Å². The van der Waals surface area contributed by atoms with Gasteiger partial charge in [0.25, 0.3) is 0 Å². The topological polar surface area (TPSA) is 47.0 Å². The Morgan fingerprint density at radius 2 is 2.16 bits per heavy atom. The van der Waals surface area contributed by atoms with Crippen LogP contribution < -0.4 is 10.1 Å². The lowest BCUT2D eigenvalue weighted by Gasteiger charge is -2.33. The molecule has 0 aliphatic heterocycles. The van der Waals surface area contributed by atoms with Gasteiger partial charge in [-0.3, -0.25) is 0 Å². The van der Waals surface area contributed by atoms with Gasteiger partial charge in [0.2, 0.25) is 5.88 Å². The van der Waals surface area contributed by atoms with E-state index in [4.69, 9.17) is 4.74 Å². The maximum Gasteiger partial charge on any atom is 0.218 e. The van der Waals surface area contributed by atoms with Crippen LogP contribution in [0, 0.1) is 11.8 Å². The van der Waals surface area contributed by atoms with Crippen molar-refractivity contribution in [2.24, 2.45) is 11.8 Å². The van der Waals surface area contributed by atoms with Crippen molar-refractivity contribution in [3.8, 4) is 5.88 Å². The number of ether oxygens (including phenoxy) is 1. The minimum absolute atomic E-state index is 0.519. The van der Waals surface area contributed by atoms with Crippen LogP contribution in [0.5, 0.6) is 5.88 Å². The number of rotatable bonds is 5. The summed E-state index contributed by atoms with van der Waals surface area (Å²) in [6.07, 6.45) is 6.37. The number of aromatic nitrogens is 2. The normalized spacial score (nSPS) is 27.0. The summed E-state index contributed by atoms with van der Waals surface area (Å²) < 4.78 is 5.54. The summed E-state index contributed by atoms with van der Waals surface area (Å²) in [5.41, 5.74) is 0. The molecule has 4 nitrogen and oxygen atoms in total. The third kappa shape index (κ3) is 4.08. The second-order valence-electron chi connectivity index (χ2n) is 5.74. The highest BCUT2D eigenvalue weighted by Crippen LogP contribution is 2.30. The van der Waals surface area contributed by atoms with Gasteiger partial charge in [0.05, 0.1) is 6.61 Å². The van der Waals surface area contributed by atoms with E-state index >= 15 is 0 Å². The fourth-order valence-corrected chi connectivity index (χ4v) is 2.77. The smallest absolute Gasteiger partial charge is 0.218 e. The fourth-order valence-electron chi connectivity index (χ4n) is 2.77. The summed E-state index contributed by atoms with van der Waals surface area (Å²) in [4.78, 5) is 8.42. The molecule has 1 aromatic heterocycles. The van der Waals surface area contributed by atoms with E-state index in [1.165, 1.54) is 19.3 Å². The van der Waals surface area contributed by atoms with Crippen LogP contribution >= 0.6 is 0 Å². The molecule has 0 saturated heterocycles. The molecular weight excluding hydrogens is 238 g/mol. The average molecular weight is 263 g/mol. The van der Waals surface area contributed by atoms with Crippen molar-refractivity contribution in [1.29, 1.82) is 0 Å². The summed E-state index contributed by atoms with van der Waals surface area (Å²) in [7, 11) is 0. The molecule has 1 fully saturated rings. The fraction of sp³-hybridized carbons (Fsp3) is 0.733. The van der Waals surface area contributed by atoms with Crippen LogP contribution in [0.1, 0.15) is 46.5 Å². The average Bonchev–Trinajstić information content (AvgIpc) is 2.40. The Labute approximate surface area is 116 Å². The molecule has 0 spiro atoms. The highest BCUT2D eigenvalue weighted by Gasteiger charge is 2.25. The molecule has 1 heterocycles. The maximum absolute atomic E-state index is 5.54. The van der Waals surface area contributed by atoms with Gasteiger partial charge in [-0.05, 0) is 37.5 Å². The predicted octanol–water partition coefficient (Wildman–Crippen LogP) is 3.50. The monoisotopic (exact) mass is 263 g/mol. The molecule has 4 heteroatoms. The van der Waals surface area contributed by atoms with Gasteiger partial charge in [0, 0.05) is 12.1 Å². The van der Waals surface area contributed by atoms with E-state index in [9.17, 15) is 0 Å². The Morgan fingerprint density at radius 1 is 1.32 bits per heavy atom. The van der Waals surface area contributed by atoms with Gasteiger partial charge in [-0.25, -0.2) is 9.97 Å². The highest BCUT2D eigenvalue weighted by molar-refractivity contribution is 5.38. The Kier molecular flexibility index (Phi) is 5.00. The van der Waals surface area contributed by atoms with Gasteiger partial charge in [-0.1, -0.05) is 20.8 Å². The van der Waals surface area contributed by atoms with E-state index in [2.05, 4.69) is 36.1 Å². The van der Waals surface area contributed by atoms with Crippen LogP contribution in [0.15, 0.2) is 12.4 Å². The second kappa shape index (κ2) is 6.73. The quantitative estimate of drug-likeness (QED) is 0.883. The van der Waals surface area contributed by atoms with E-state index in [-0.39, 0.29) is 0 Å². The van der Waals surface area contributed by atoms with Crippen LogP contribution in [0.2, 0.25) is 0 Å². The van der Waals surface area contributed by atoms with Crippen LogP contribution in [0.4, 0.5) is 5.82 Å². The van der Waals surface area contributed by atoms with Crippen LogP contribution in [-0.2, 0) is 0 Å². The third-order valence-corrected chi connectivity index (χ3v) is 3.86. The Balaban J connectivity index is 1.94. The molecule has 1 N–H and O–H groups in total. The largest absolute Gasteiger partial charge is 0.478 e. The van der Waals surface area contributed by atoms with Crippen LogP contribution in [0.3, 0.4) is 0 Å². The molecule has 0 bridgehead atoms. The van der Waals surface area contributed by atoms with Gasteiger partial charge >= 0.3 is 0 Å². The third-order valence-electron chi connectivity index (χ3n) is 3.86. The summed E-state index contributed by atoms with van der Waals surface area (Å²) in [6, 6.07) is 2.42. The zero-order valence-electron chi connectivity index (χ0n) is 12.2. The molecule has 3 unspecified atom stereocenters. The summed E-state index contributed by atoms with van der Waals surface area (Å²) >= 11 is 0. The molecule has 0 amide bonds. The van der Waals surface area contributed by atoms with E-state index in [0.29, 0.717) is 24.4 Å². The van der Waals surface area contributed by atoms with E-state index < -0.39 is 0 Å². The maximum atomic E-state index is 5.54. The van der Waals surface area contributed by atoms with Crippen molar-refractivity contribution in [2.45, 2.75) is 52.5 Å². The Morgan fingerprint density at radius 3 is 2.89 bits per heavy atom. The minimum Gasteiger partial charge on any atom is -0.478 e. The van der Waals surface area contributed by atoms with Gasteiger partial charge in [-0.2, -0.15) is 0 Å². The first kappa shape index (κ1) is 14.1. The first-order valence-corrected chi connectivity index (χ1v) is 7.40. The molecule has 106 valence electrons. The molecule has 1 aromatic rings.